The van der Waals surface area contributed by atoms with Crippen molar-refractivity contribution >= 4 is 50.7 Å². The normalized spacial score (nSPS) is 13.1. The summed E-state index contributed by atoms with van der Waals surface area (Å²) in [5.41, 5.74) is 1.91. The highest BCUT2D eigenvalue weighted by Gasteiger charge is 2.30. The molecule has 0 fully saturated rings. The summed E-state index contributed by atoms with van der Waals surface area (Å²) in [6.45, 7) is 6.85. The van der Waals surface area contributed by atoms with Crippen molar-refractivity contribution in [3.8, 4) is 0 Å². The molecule has 0 unspecified atom stereocenters. The maximum atomic E-state index is 13.5. The van der Waals surface area contributed by atoms with Gasteiger partial charge in [-0.25, -0.2) is 8.42 Å². The summed E-state index contributed by atoms with van der Waals surface area (Å²) in [6.07, 6.45) is 1.77. The molecule has 0 aromatic heterocycles. The van der Waals surface area contributed by atoms with Crippen LogP contribution in [-0.2, 0) is 26.2 Å². The molecule has 10 heteroatoms. The molecule has 2 atom stereocenters. The number of nitrogens with one attached hydrogen (secondary N) is 1. The minimum atomic E-state index is -3.77. The van der Waals surface area contributed by atoms with E-state index in [2.05, 4.69) is 5.32 Å². The van der Waals surface area contributed by atoms with E-state index in [9.17, 15) is 18.0 Å². The summed E-state index contributed by atoms with van der Waals surface area (Å²) in [7, 11) is -3.77. The van der Waals surface area contributed by atoms with E-state index in [-0.39, 0.29) is 18.5 Å². The maximum Gasteiger partial charge on any atom is 0.244 e. The van der Waals surface area contributed by atoms with Crippen molar-refractivity contribution in [2.75, 3.05) is 17.1 Å². The molecule has 0 saturated carbocycles. The highest BCUT2D eigenvalue weighted by atomic mass is 35.5. The topological polar surface area (TPSA) is 86.8 Å². The van der Waals surface area contributed by atoms with Gasteiger partial charge in [-0.15, -0.1) is 0 Å². The summed E-state index contributed by atoms with van der Waals surface area (Å²) >= 11 is 12.3. The van der Waals surface area contributed by atoms with Gasteiger partial charge in [-0.2, -0.15) is 0 Å². The molecular weight excluding hydrogens is 497 g/mol. The molecule has 2 aromatic rings. The monoisotopic (exact) mass is 527 g/mol. The summed E-state index contributed by atoms with van der Waals surface area (Å²) < 4.78 is 26.1. The van der Waals surface area contributed by atoms with E-state index < -0.39 is 28.5 Å². The molecule has 0 aliphatic rings. The average molecular weight is 529 g/mol. The maximum absolute atomic E-state index is 13.5. The predicted molar refractivity (Wildman–Crippen MR) is 138 cm³/mol. The van der Waals surface area contributed by atoms with Gasteiger partial charge in [0, 0.05) is 22.6 Å². The summed E-state index contributed by atoms with van der Waals surface area (Å²) in [4.78, 5) is 27.7. The van der Waals surface area contributed by atoms with Crippen LogP contribution in [0.2, 0.25) is 10.0 Å². The molecule has 2 amide bonds. The third kappa shape index (κ3) is 7.61. The second kappa shape index (κ2) is 11.9. The van der Waals surface area contributed by atoms with Gasteiger partial charge < -0.3 is 10.2 Å². The average Bonchev–Trinajstić information content (AvgIpc) is 2.76. The van der Waals surface area contributed by atoms with Crippen LogP contribution in [0.3, 0.4) is 0 Å². The van der Waals surface area contributed by atoms with Gasteiger partial charge in [0.1, 0.15) is 12.6 Å². The zero-order valence-corrected chi connectivity index (χ0v) is 22.3. The van der Waals surface area contributed by atoms with Crippen molar-refractivity contribution < 1.29 is 18.0 Å². The number of sulfonamides is 1. The van der Waals surface area contributed by atoms with Crippen LogP contribution >= 0.6 is 23.2 Å². The molecule has 186 valence electrons. The van der Waals surface area contributed by atoms with Crippen molar-refractivity contribution in [3.63, 3.8) is 0 Å². The molecular formula is C24H31Cl2N3O4S. The number of rotatable bonds is 10. The van der Waals surface area contributed by atoms with Crippen LogP contribution in [0.25, 0.3) is 0 Å². The van der Waals surface area contributed by atoms with Gasteiger partial charge >= 0.3 is 0 Å². The first-order valence-corrected chi connectivity index (χ1v) is 13.5. The molecule has 0 spiro atoms. The van der Waals surface area contributed by atoms with Crippen molar-refractivity contribution in [2.45, 2.75) is 52.7 Å². The van der Waals surface area contributed by atoms with Crippen LogP contribution in [0.4, 0.5) is 5.69 Å². The summed E-state index contributed by atoms with van der Waals surface area (Å²) in [6, 6.07) is 10.8. The van der Waals surface area contributed by atoms with E-state index in [1.165, 1.54) is 4.90 Å². The Morgan fingerprint density at radius 2 is 1.68 bits per heavy atom. The van der Waals surface area contributed by atoms with Gasteiger partial charge in [-0.05, 0) is 57.0 Å². The SMILES string of the molecule is CC[C@H](C)NC(=O)[C@H](C)N(Cc1ccc(Cl)cc1Cl)C(=O)CN(c1ccc(C)cc1)S(C)(=O)=O. The second-order valence-corrected chi connectivity index (χ2v) is 11.1. The Morgan fingerprint density at radius 3 is 2.21 bits per heavy atom. The third-order valence-electron chi connectivity index (χ3n) is 5.53. The number of carbonyl (C=O) groups excluding carboxylic acids is 2. The zero-order valence-electron chi connectivity index (χ0n) is 20.0. The molecule has 0 aliphatic heterocycles. The van der Waals surface area contributed by atoms with Gasteiger partial charge in [-0.1, -0.05) is 53.9 Å². The van der Waals surface area contributed by atoms with E-state index in [0.29, 0.717) is 21.3 Å². The van der Waals surface area contributed by atoms with Gasteiger partial charge in [0.2, 0.25) is 21.8 Å². The molecule has 2 aromatic carbocycles. The van der Waals surface area contributed by atoms with Gasteiger partial charge in [0.15, 0.2) is 0 Å². The standard InChI is InChI=1S/C24H31Cl2N3O4S/c1-6-17(3)27-24(31)18(4)28(14-19-9-10-20(25)13-22(19)26)23(30)15-29(34(5,32)33)21-11-7-16(2)8-12-21/h7-13,17-18H,6,14-15H2,1-5H3,(H,27,31)/t17-,18-/m0/s1. The van der Waals surface area contributed by atoms with E-state index in [1.807, 2.05) is 20.8 Å². The number of benzene rings is 2. The van der Waals surface area contributed by atoms with Gasteiger partial charge in [-0.3, -0.25) is 13.9 Å². The number of hydrogen-bond acceptors (Lipinski definition) is 4. The van der Waals surface area contributed by atoms with Crippen LogP contribution in [0.5, 0.6) is 0 Å². The van der Waals surface area contributed by atoms with Crippen LogP contribution in [0.15, 0.2) is 42.5 Å². The lowest BCUT2D eigenvalue weighted by Gasteiger charge is -2.32. The largest absolute Gasteiger partial charge is 0.352 e. The molecule has 0 aliphatic carbocycles. The van der Waals surface area contributed by atoms with Gasteiger partial charge in [0.05, 0.1) is 11.9 Å². The van der Waals surface area contributed by atoms with E-state index in [1.54, 1.807) is 49.4 Å². The van der Waals surface area contributed by atoms with E-state index in [4.69, 9.17) is 23.2 Å². The molecule has 0 saturated heterocycles. The Morgan fingerprint density at radius 1 is 1.06 bits per heavy atom. The van der Waals surface area contributed by atoms with Crippen molar-refractivity contribution in [3.05, 3.63) is 63.6 Å². The molecule has 7 nitrogen and oxygen atoms in total. The summed E-state index contributed by atoms with van der Waals surface area (Å²) in [5, 5.41) is 3.66. The van der Waals surface area contributed by atoms with Crippen LogP contribution < -0.4 is 9.62 Å². The van der Waals surface area contributed by atoms with E-state index >= 15 is 0 Å². The Kier molecular flexibility index (Phi) is 9.79. The van der Waals surface area contributed by atoms with Crippen LogP contribution in [0, 0.1) is 6.92 Å². The molecule has 34 heavy (non-hydrogen) atoms. The number of hydrogen-bond donors (Lipinski definition) is 1. The molecule has 1 N–H and O–H groups in total. The number of anilines is 1. The Labute approximate surface area is 212 Å². The first-order chi connectivity index (χ1) is 15.8. The van der Waals surface area contributed by atoms with E-state index in [0.717, 1.165) is 22.5 Å². The van der Waals surface area contributed by atoms with Crippen LogP contribution in [-0.4, -0.2) is 50.0 Å². The lowest BCUT2D eigenvalue weighted by molar-refractivity contribution is -0.139. The number of halogens is 2. The van der Waals surface area contributed by atoms with Crippen molar-refractivity contribution in [1.82, 2.24) is 10.2 Å². The number of nitrogens with zero attached hydrogens (tertiary/aromatic N) is 2. The quantitative estimate of drug-likeness (QED) is 0.495. The fourth-order valence-corrected chi connectivity index (χ4v) is 4.52. The molecule has 0 bridgehead atoms. The fourth-order valence-electron chi connectivity index (χ4n) is 3.21. The fraction of sp³-hybridized carbons (Fsp3) is 0.417. The number of aryl methyl sites for hydroxylation is 1. The first kappa shape index (κ1) is 28.0. The van der Waals surface area contributed by atoms with Crippen molar-refractivity contribution in [1.29, 1.82) is 0 Å². The molecule has 0 radical (unpaired) electrons. The third-order valence-corrected chi connectivity index (χ3v) is 7.25. The molecule has 2 rings (SSSR count). The second-order valence-electron chi connectivity index (χ2n) is 8.36. The highest BCUT2D eigenvalue weighted by Crippen LogP contribution is 2.24. The van der Waals surface area contributed by atoms with Crippen LogP contribution in [0.1, 0.15) is 38.3 Å². The van der Waals surface area contributed by atoms with Gasteiger partial charge in [0.25, 0.3) is 0 Å². The number of carbonyl (C=O) groups is 2. The van der Waals surface area contributed by atoms with Crippen molar-refractivity contribution in [2.24, 2.45) is 0 Å². The molecule has 0 heterocycles. The number of amides is 2. The smallest absolute Gasteiger partial charge is 0.244 e. The minimum Gasteiger partial charge on any atom is -0.352 e. The summed E-state index contributed by atoms with van der Waals surface area (Å²) in [5.74, 6) is -0.877. The lowest BCUT2D eigenvalue weighted by atomic mass is 10.1. The highest BCUT2D eigenvalue weighted by molar-refractivity contribution is 7.92. The Hall–Kier alpha value is -2.29. The predicted octanol–water partition coefficient (Wildman–Crippen LogP) is 4.40. The lowest BCUT2D eigenvalue weighted by Crippen LogP contribution is -2.52. The Bertz CT molecular complexity index is 1120. The minimum absolute atomic E-state index is 0.00935. The first-order valence-electron chi connectivity index (χ1n) is 10.9. The Balaban J connectivity index is 2.41. The zero-order chi connectivity index (χ0) is 25.6.